The molecule has 0 aromatic rings. The normalized spacial score (nSPS) is 28.0. The van der Waals surface area contributed by atoms with Crippen molar-refractivity contribution in [1.29, 1.82) is 0 Å². The number of nitrogens with zero attached hydrogens (tertiary/aromatic N) is 1. The maximum atomic E-state index is 13.8. The number of carbonyl (C=O) groups excluding carboxylic acids is 5. The monoisotopic (exact) mass is 634 g/mol. The number of likely N-dealkylation sites (N-methyl/N-ethyl adjacent to an activating group) is 1. The fourth-order valence-electron chi connectivity index (χ4n) is 5.53. The van der Waals surface area contributed by atoms with Crippen LogP contribution in [0.15, 0.2) is 23.8 Å². The number of hydrogen-bond acceptors (Lipinski definition) is 9. The molecule has 0 bridgehead atoms. The number of rotatable bonds is 9. The number of nitrogens with one attached hydrogen (secondary N) is 5. The molecule has 254 valence electrons. The predicted octanol–water partition coefficient (Wildman–Crippen LogP) is -0.153. The Labute approximate surface area is 266 Å². The highest BCUT2D eigenvalue weighted by atomic mass is 16.5. The Morgan fingerprint density at radius 3 is 2.18 bits per heavy atom. The SMILES string of the molecule is CCCC1C(=O)NC(C2CCCCCC2)C(=O)NC(CN)C(=O)NC(CNCCCN)C(=O)N/C(C)=C\O/C=C(/C)C(=O)N1C. The van der Waals surface area contributed by atoms with E-state index in [4.69, 9.17) is 16.2 Å². The molecule has 1 fully saturated rings. The van der Waals surface area contributed by atoms with Crippen molar-refractivity contribution in [2.24, 2.45) is 17.4 Å². The van der Waals surface area contributed by atoms with E-state index in [1.54, 1.807) is 20.9 Å². The molecule has 4 atom stereocenters. The van der Waals surface area contributed by atoms with E-state index in [1.165, 1.54) is 17.4 Å². The second kappa shape index (κ2) is 19.8. The average molecular weight is 635 g/mol. The van der Waals surface area contributed by atoms with Gasteiger partial charge in [-0.2, -0.15) is 0 Å². The third-order valence-electron chi connectivity index (χ3n) is 8.16. The fraction of sp³-hybridized carbons (Fsp3) is 0.710. The van der Waals surface area contributed by atoms with Crippen LogP contribution in [0.4, 0.5) is 0 Å². The molecule has 0 aromatic carbocycles. The van der Waals surface area contributed by atoms with Gasteiger partial charge >= 0.3 is 0 Å². The third kappa shape index (κ3) is 12.1. The lowest BCUT2D eigenvalue weighted by molar-refractivity contribution is -0.139. The molecule has 1 heterocycles. The maximum Gasteiger partial charge on any atom is 0.253 e. The van der Waals surface area contributed by atoms with Crippen molar-refractivity contribution < 1.29 is 28.7 Å². The van der Waals surface area contributed by atoms with Gasteiger partial charge in [0.05, 0.1) is 6.26 Å². The molecule has 0 spiro atoms. The first-order chi connectivity index (χ1) is 21.5. The van der Waals surface area contributed by atoms with Crippen LogP contribution in [-0.2, 0) is 28.7 Å². The van der Waals surface area contributed by atoms with Gasteiger partial charge in [0, 0.05) is 31.4 Å². The van der Waals surface area contributed by atoms with Crippen molar-refractivity contribution in [2.45, 2.75) is 103 Å². The van der Waals surface area contributed by atoms with Crippen LogP contribution in [0, 0.1) is 5.92 Å². The van der Waals surface area contributed by atoms with E-state index in [0.717, 1.165) is 38.5 Å². The maximum absolute atomic E-state index is 13.8. The van der Waals surface area contributed by atoms with Crippen LogP contribution in [-0.4, -0.2) is 91.8 Å². The highest BCUT2D eigenvalue weighted by Gasteiger charge is 2.36. The molecule has 0 saturated heterocycles. The molecule has 1 saturated carbocycles. The van der Waals surface area contributed by atoms with Crippen LogP contribution in [0.25, 0.3) is 0 Å². The molecule has 14 nitrogen and oxygen atoms in total. The van der Waals surface area contributed by atoms with E-state index in [1.807, 2.05) is 6.92 Å². The second-order valence-corrected chi connectivity index (χ2v) is 11.9. The number of allylic oxidation sites excluding steroid dienone is 1. The van der Waals surface area contributed by atoms with Crippen LogP contribution in [0.2, 0.25) is 0 Å². The standard InChI is InChI=1S/C31H54N8O6/c1-5-11-25-29(42)38-26(22-12-8-6-7-9-13-22)30(43)36-23(16-33)27(40)37-24(17-34-15-10-14-32)28(41)35-21(3)19-45-18-20(2)31(44)39(25)4/h18-19,22-26,34H,5-17,32-33H2,1-4H3,(H,35,41)(H,36,43)(H,37,40)(H,38,42)/b20-18-,21-19-. The summed E-state index contributed by atoms with van der Waals surface area (Å²) in [6, 6.07) is -3.96. The van der Waals surface area contributed by atoms with E-state index < -0.39 is 53.7 Å². The number of amides is 5. The minimum atomic E-state index is -1.16. The van der Waals surface area contributed by atoms with Crippen molar-refractivity contribution >= 4 is 29.5 Å². The Kier molecular flexibility index (Phi) is 16.6. The Morgan fingerprint density at radius 1 is 0.889 bits per heavy atom. The van der Waals surface area contributed by atoms with E-state index in [9.17, 15) is 24.0 Å². The van der Waals surface area contributed by atoms with Crippen molar-refractivity contribution in [3.8, 4) is 0 Å². The summed E-state index contributed by atoms with van der Waals surface area (Å²) in [5.74, 6) is -2.73. The Hall–Kier alpha value is -3.49. The van der Waals surface area contributed by atoms with Gasteiger partial charge in [0.25, 0.3) is 5.91 Å². The third-order valence-corrected chi connectivity index (χ3v) is 8.16. The largest absolute Gasteiger partial charge is 0.470 e. The summed E-state index contributed by atoms with van der Waals surface area (Å²) in [5.41, 5.74) is 12.1. The quantitative estimate of drug-likeness (QED) is 0.133. The van der Waals surface area contributed by atoms with Crippen LogP contribution < -0.4 is 38.1 Å². The molecule has 1 aliphatic carbocycles. The summed E-state index contributed by atoms with van der Waals surface area (Å²) in [4.78, 5) is 68.8. The Morgan fingerprint density at radius 2 is 1.56 bits per heavy atom. The molecule has 5 amide bonds. The van der Waals surface area contributed by atoms with E-state index in [-0.39, 0.29) is 24.6 Å². The summed E-state index contributed by atoms with van der Waals surface area (Å²) in [7, 11) is 1.54. The number of ether oxygens (including phenoxy) is 1. The summed E-state index contributed by atoms with van der Waals surface area (Å²) in [6.07, 6.45) is 9.52. The van der Waals surface area contributed by atoms with Gasteiger partial charge in [-0.25, -0.2) is 0 Å². The Bertz CT molecular complexity index is 1070. The number of carbonyl (C=O) groups is 5. The zero-order valence-electron chi connectivity index (χ0n) is 27.3. The van der Waals surface area contributed by atoms with Crippen LogP contribution >= 0.6 is 0 Å². The summed E-state index contributed by atoms with van der Waals surface area (Å²) in [6.45, 7) is 5.92. The lowest BCUT2D eigenvalue weighted by atomic mass is 9.90. The van der Waals surface area contributed by atoms with E-state index in [0.29, 0.717) is 38.0 Å². The summed E-state index contributed by atoms with van der Waals surface area (Å²) >= 11 is 0. The minimum Gasteiger partial charge on any atom is -0.470 e. The molecule has 1 aliphatic heterocycles. The number of hydrogen-bond donors (Lipinski definition) is 7. The first-order valence-electron chi connectivity index (χ1n) is 16.1. The van der Waals surface area contributed by atoms with Gasteiger partial charge in [-0.05, 0) is 58.5 Å². The molecule has 2 rings (SSSR count). The first-order valence-corrected chi connectivity index (χ1v) is 16.1. The molecule has 0 radical (unpaired) electrons. The smallest absolute Gasteiger partial charge is 0.253 e. The molecule has 45 heavy (non-hydrogen) atoms. The predicted molar refractivity (Wildman–Crippen MR) is 171 cm³/mol. The van der Waals surface area contributed by atoms with Gasteiger partial charge in [-0.15, -0.1) is 0 Å². The highest BCUT2D eigenvalue weighted by molar-refractivity contribution is 5.98. The van der Waals surface area contributed by atoms with Gasteiger partial charge in [-0.1, -0.05) is 39.0 Å². The average Bonchev–Trinajstić information content (AvgIpc) is 3.30. The molecular formula is C31H54N8O6. The fourth-order valence-corrected chi connectivity index (χ4v) is 5.53. The van der Waals surface area contributed by atoms with Crippen molar-refractivity contribution in [2.75, 3.05) is 33.2 Å². The van der Waals surface area contributed by atoms with Gasteiger partial charge in [-0.3, -0.25) is 24.0 Å². The first kappa shape index (κ1) is 37.7. The second-order valence-electron chi connectivity index (χ2n) is 11.9. The minimum absolute atomic E-state index is 0.0936. The number of nitrogens with two attached hydrogens (primary N) is 2. The van der Waals surface area contributed by atoms with E-state index >= 15 is 0 Å². The molecular weight excluding hydrogens is 580 g/mol. The van der Waals surface area contributed by atoms with Crippen molar-refractivity contribution in [3.63, 3.8) is 0 Å². The van der Waals surface area contributed by atoms with Gasteiger partial charge in [0.1, 0.15) is 30.4 Å². The van der Waals surface area contributed by atoms with Crippen molar-refractivity contribution in [1.82, 2.24) is 31.5 Å². The van der Waals surface area contributed by atoms with Gasteiger partial charge < -0.3 is 47.7 Å². The van der Waals surface area contributed by atoms with E-state index in [2.05, 4.69) is 26.6 Å². The molecule has 14 heteroatoms. The van der Waals surface area contributed by atoms with Crippen LogP contribution in [0.5, 0.6) is 0 Å². The van der Waals surface area contributed by atoms with Crippen molar-refractivity contribution in [3.05, 3.63) is 23.8 Å². The lowest BCUT2D eigenvalue weighted by Gasteiger charge is -2.32. The van der Waals surface area contributed by atoms with Gasteiger partial charge in [0.2, 0.25) is 23.6 Å². The zero-order valence-corrected chi connectivity index (χ0v) is 27.3. The van der Waals surface area contributed by atoms with Crippen LogP contribution in [0.1, 0.15) is 78.6 Å². The zero-order chi connectivity index (χ0) is 33.4. The topological polar surface area (TPSA) is 210 Å². The molecule has 9 N–H and O–H groups in total. The summed E-state index contributed by atoms with van der Waals surface area (Å²) < 4.78 is 5.46. The Balaban J connectivity index is 2.49. The van der Waals surface area contributed by atoms with Crippen LogP contribution in [0.3, 0.4) is 0 Å². The highest BCUT2D eigenvalue weighted by Crippen LogP contribution is 2.26. The molecule has 2 aliphatic rings. The molecule has 4 unspecified atom stereocenters. The molecule has 0 aromatic heterocycles. The summed E-state index contributed by atoms with van der Waals surface area (Å²) in [5, 5.41) is 14.2. The van der Waals surface area contributed by atoms with Gasteiger partial charge in [0.15, 0.2) is 0 Å². The lowest BCUT2D eigenvalue weighted by Crippen LogP contribution is -2.62.